The molecule has 0 aromatic carbocycles. The summed E-state index contributed by atoms with van der Waals surface area (Å²) in [5, 5.41) is 11.0. The molecule has 1 nitrogen and oxygen atoms in total. The van der Waals surface area contributed by atoms with Crippen LogP contribution in [-0.4, -0.2) is 11.2 Å². The third-order valence-corrected chi connectivity index (χ3v) is 11.7. The average Bonchev–Trinajstić information content (AvgIpc) is 3.08. The molecule has 8 atom stereocenters. The number of aliphatic hydroxyl groups excluding tert-OH is 1. The molecule has 4 aliphatic carbocycles. The SMILES string of the molecule is CC[C@]1(C)C(O)CC[C@@]2(C)C1CCC1=C3CC[C@H]([C@H](C)CCCC(C)C)[C@@]3(C)CC[C@@H]12. The molecule has 0 aromatic rings. The number of aliphatic hydroxyl groups is 1. The highest BCUT2D eigenvalue weighted by molar-refractivity contribution is 5.35. The fraction of sp³-hybridized carbons (Fsp3) is 0.933. The van der Waals surface area contributed by atoms with Gasteiger partial charge in [-0.1, -0.05) is 78.9 Å². The van der Waals surface area contributed by atoms with Crippen LogP contribution in [0, 0.1) is 45.8 Å². The molecule has 1 N–H and O–H groups in total. The van der Waals surface area contributed by atoms with Crippen LogP contribution in [0.1, 0.15) is 126 Å². The first-order chi connectivity index (χ1) is 14.6. The lowest BCUT2D eigenvalue weighted by molar-refractivity contribution is -0.139. The van der Waals surface area contributed by atoms with Crippen molar-refractivity contribution in [1.82, 2.24) is 0 Å². The minimum Gasteiger partial charge on any atom is -0.393 e. The summed E-state index contributed by atoms with van der Waals surface area (Å²) in [4.78, 5) is 0. The molecule has 1 heteroatoms. The van der Waals surface area contributed by atoms with Crippen LogP contribution in [0.3, 0.4) is 0 Å². The van der Waals surface area contributed by atoms with Crippen molar-refractivity contribution in [2.24, 2.45) is 45.8 Å². The molecule has 0 aliphatic heterocycles. The summed E-state index contributed by atoms with van der Waals surface area (Å²) >= 11 is 0. The van der Waals surface area contributed by atoms with Gasteiger partial charge in [0, 0.05) is 0 Å². The van der Waals surface area contributed by atoms with Gasteiger partial charge >= 0.3 is 0 Å². The smallest absolute Gasteiger partial charge is 0.0596 e. The Kier molecular flexibility index (Phi) is 6.53. The summed E-state index contributed by atoms with van der Waals surface area (Å²) in [5.74, 6) is 4.11. The fourth-order valence-corrected chi connectivity index (χ4v) is 9.63. The van der Waals surface area contributed by atoms with E-state index in [0.29, 0.717) is 16.7 Å². The van der Waals surface area contributed by atoms with Crippen LogP contribution in [0.4, 0.5) is 0 Å². The summed E-state index contributed by atoms with van der Waals surface area (Å²) in [7, 11) is 0. The second-order valence-corrected chi connectivity index (χ2v) is 13.5. The normalized spacial score (nSPS) is 46.0. The van der Waals surface area contributed by atoms with Crippen molar-refractivity contribution in [3.05, 3.63) is 11.1 Å². The Morgan fingerprint density at radius 3 is 2.35 bits per heavy atom. The molecule has 0 aromatic heterocycles. The van der Waals surface area contributed by atoms with Crippen molar-refractivity contribution >= 4 is 0 Å². The van der Waals surface area contributed by atoms with Crippen LogP contribution < -0.4 is 0 Å². The van der Waals surface area contributed by atoms with Crippen molar-refractivity contribution in [3.8, 4) is 0 Å². The summed E-state index contributed by atoms with van der Waals surface area (Å²) < 4.78 is 0. The van der Waals surface area contributed by atoms with Gasteiger partial charge in [0.2, 0.25) is 0 Å². The zero-order valence-electron chi connectivity index (χ0n) is 21.9. The Labute approximate surface area is 193 Å². The summed E-state index contributed by atoms with van der Waals surface area (Å²) in [6.45, 7) is 17.3. The molecule has 31 heavy (non-hydrogen) atoms. The third kappa shape index (κ3) is 3.68. The molecule has 3 fully saturated rings. The quantitative estimate of drug-likeness (QED) is 0.420. The monoisotopic (exact) mass is 428 g/mol. The van der Waals surface area contributed by atoms with E-state index in [2.05, 4.69) is 48.5 Å². The molecule has 0 saturated heterocycles. The topological polar surface area (TPSA) is 20.2 Å². The molecule has 2 unspecified atom stereocenters. The number of allylic oxidation sites excluding steroid dienone is 2. The van der Waals surface area contributed by atoms with E-state index in [1.165, 1.54) is 64.2 Å². The van der Waals surface area contributed by atoms with Gasteiger partial charge in [-0.25, -0.2) is 0 Å². The predicted molar refractivity (Wildman–Crippen MR) is 133 cm³/mol. The summed E-state index contributed by atoms with van der Waals surface area (Å²) in [5.41, 5.74) is 4.85. The summed E-state index contributed by atoms with van der Waals surface area (Å²) in [6.07, 6.45) is 15.8. The van der Waals surface area contributed by atoms with E-state index in [-0.39, 0.29) is 11.5 Å². The second-order valence-electron chi connectivity index (χ2n) is 13.5. The Morgan fingerprint density at radius 2 is 1.68 bits per heavy atom. The number of hydrogen-bond donors (Lipinski definition) is 1. The van der Waals surface area contributed by atoms with Crippen molar-refractivity contribution in [2.45, 2.75) is 132 Å². The molecule has 0 radical (unpaired) electrons. The first-order valence-corrected chi connectivity index (χ1v) is 14.0. The molecule has 3 saturated carbocycles. The van der Waals surface area contributed by atoms with E-state index in [0.717, 1.165) is 36.5 Å². The number of fused-ring (bicyclic) bond motifs is 4. The molecule has 0 bridgehead atoms. The highest BCUT2D eigenvalue weighted by Crippen LogP contribution is 2.68. The maximum atomic E-state index is 11.0. The van der Waals surface area contributed by atoms with Gasteiger partial charge in [0.05, 0.1) is 6.10 Å². The van der Waals surface area contributed by atoms with E-state index in [1.54, 1.807) is 0 Å². The van der Waals surface area contributed by atoms with Gasteiger partial charge in [-0.3, -0.25) is 0 Å². The van der Waals surface area contributed by atoms with Crippen molar-refractivity contribution in [2.75, 3.05) is 0 Å². The maximum Gasteiger partial charge on any atom is 0.0596 e. The van der Waals surface area contributed by atoms with Crippen LogP contribution in [0.25, 0.3) is 0 Å². The molecule has 0 amide bonds. The number of hydrogen-bond acceptors (Lipinski definition) is 1. The zero-order valence-corrected chi connectivity index (χ0v) is 21.9. The van der Waals surface area contributed by atoms with E-state index in [9.17, 15) is 5.11 Å². The van der Waals surface area contributed by atoms with Crippen LogP contribution in [0.2, 0.25) is 0 Å². The maximum absolute atomic E-state index is 11.0. The zero-order chi connectivity index (χ0) is 22.6. The van der Waals surface area contributed by atoms with Gasteiger partial charge in [0.15, 0.2) is 0 Å². The summed E-state index contributed by atoms with van der Waals surface area (Å²) in [6, 6.07) is 0. The second kappa shape index (κ2) is 8.48. The Balaban J connectivity index is 1.58. The van der Waals surface area contributed by atoms with E-state index in [4.69, 9.17) is 0 Å². The van der Waals surface area contributed by atoms with Gasteiger partial charge in [-0.05, 0) is 104 Å². The molecule has 4 rings (SSSR count). The van der Waals surface area contributed by atoms with Gasteiger partial charge in [-0.2, -0.15) is 0 Å². The number of rotatable bonds is 6. The molecule has 178 valence electrons. The van der Waals surface area contributed by atoms with Crippen LogP contribution in [-0.2, 0) is 0 Å². The Morgan fingerprint density at radius 1 is 0.935 bits per heavy atom. The lowest BCUT2D eigenvalue weighted by Gasteiger charge is -2.62. The van der Waals surface area contributed by atoms with E-state index in [1.807, 2.05) is 11.1 Å². The van der Waals surface area contributed by atoms with Gasteiger partial charge in [0.1, 0.15) is 0 Å². The molecular weight excluding hydrogens is 376 g/mol. The van der Waals surface area contributed by atoms with Crippen LogP contribution in [0.5, 0.6) is 0 Å². The average molecular weight is 429 g/mol. The molecule has 4 aliphatic rings. The van der Waals surface area contributed by atoms with Crippen molar-refractivity contribution in [1.29, 1.82) is 0 Å². The standard InChI is InChI=1S/C30H52O/c1-8-28(5)26-15-12-22-24-14-13-23(21(4)11-9-10-20(2)3)29(24,6)18-16-25(22)30(26,7)19-17-27(28)31/h20-21,23,25-27,31H,8-19H2,1-7H3/t21-,23-,25+,26?,27?,28+,29-,30-/m1/s1. The minimum absolute atomic E-state index is 0.0961. The van der Waals surface area contributed by atoms with Crippen LogP contribution >= 0.6 is 0 Å². The molecule has 0 heterocycles. The highest BCUT2D eigenvalue weighted by Gasteiger charge is 2.60. The van der Waals surface area contributed by atoms with E-state index >= 15 is 0 Å². The fourth-order valence-electron chi connectivity index (χ4n) is 9.63. The highest BCUT2D eigenvalue weighted by atomic mass is 16.3. The molecule has 0 spiro atoms. The van der Waals surface area contributed by atoms with E-state index < -0.39 is 0 Å². The Bertz CT molecular complexity index is 691. The van der Waals surface area contributed by atoms with Crippen LogP contribution in [0.15, 0.2) is 11.1 Å². The lowest BCUT2D eigenvalue weighted by atomic mass is 9.43. The largest absolute Gasteiger partial charge is 0.393 e. The van der Waals surface area contributed by atoms with Gasteiger partial charge in [-0.15, -0.1) is 0 Å². The molecular formula is C30H52O. The Hall–Kier alpha value is -0.300. The van der Waals surface area contributed by atoms with Crippen molar-refractivity contribution in [3.63, 3.8) is 0 Å². The first-order valence-electron chi connectivity index (χ1n) is 14.0. The van der Waals surface area contributed by atoms with Crippen molar-refractivity contribution < 1.29 is 5.11 Å². The predicted octanol–water partition coefficient (Wildman–Crippen LogP) is 8.56. The third-order valence-electron chi connectivity index (χ3n) is 11.7. The van der Waals surface area contributed by atoms with Gasteiger partial charge in [0.25, 0.3) is 0 Å². The van der Waals surface area contributed by atoms with Gasteiger partial charge < -0.3 is 5.11 Å². The minimum atomic E-state index is -0.0961. The first kappa shape index (κ1) is 23.8. The lowest BCUT2D eigenvalue weighted by Crippen LogP contribution is -2.56.